The third-order valence-corrected chi connectivity index (χ3v) is 6.08. The van der Waals surface area contributed by atoms with Crippen molar-refractivity contribution >= 4 is 10.9 Å². The van der Waals surface area contributed by atoms with Crippen molar-refractivity contribution in [1.82, 2.24) is 9.88 Å². The third-order valence-electron chi connectivity index (χ3n) is 6.08. The summed E-state index contributed by atoms with van der Waals surface area (Å²) in [6, 6.07) is 5.80. The van der Waals surface area contributed by atoms with E-state index in [1.165, 1.54) is 12.8 Å². The molecule has 2 aromatic rings. The van der Waals surface area contributed by atoms with Gasteiger partial charge in [-0.2, -0.15) is 0 Å². The minimum absolute atomic E-state index is 0.114. The fourth-order valence-corrected chi connectivity index (χ4v) is 4.64. The van der Waals surface area contributed by atoms with Crippen molar-refractivity contribution in [3.05, 3.63) is 47.9 Å². The van der Waals surface area contributed by atoms with Crippen LogP contribution in [0.3, 0.4) is 0 Å². The van der Waals surface area contributed by atoms with E-state index in [-0.39, 0.29) is 5.82 Å². The van der Waals surface area contributed by atoms with Gasteiger partial charge in [0.25, 0.3) is 0 Å². The average molecular weight is 312 g/mol. The lowest BCUT2D eigenvalue weighted by Gasteiger charge is -2.52. The van der Waals surface area contributed by atoms with Crippen molar-refractivity contribution in [2.24, 2.45) is 11.3 Å². The number of aromatic nitrogens is 1. The van der Waals surface area contributed by atoms with E-state index in [0.29, 0.717) is 17.4 Å². The molecule has 1 aliphatic carbocycles. The van der Waals surface area contributed by atoms with E-state index >= 15 is 0 Å². The first-order chi connectivity index (χ1) is 11.1. The quantitative estimate of drug-likeness (QED) is 0.822. The maximum absolute atomic E-state index is 14.1. The molecular formula is C20H25FN2. The van der Waals surface area contributed by atoms with Crippen LogP contribution in [0.2, 0.25) is 0 Å². The van der Waals surface area contributed by atoms with Crippen LogP contribution in [0.15, 0.2) is 36.5 Å². The molecule has 3 heterocycles. The van der Waals surface area contributed by atoms with Gasteiger partial charge in [-0.25, -0.2) is 4.39 Å². The molecule has 3 heteroatoms. The Balaban J connectivity index is 1.54. The molecule has 0 radical (unpaired) electrons. The zero-order chi connectivity index (χ0) is 16.0. The van der Waals surface area contributed by atoms with Crippen molar-refractivity contribution in [2.75, 3.05) is 13.1 Å². The zero-order valence-corrected chi connectivity index (χ0v) is 14.0. The minimum Gasteiger partial charge on any atom is -0.361 e. The first-order valence-electron chi connectivity index (χ1n) is 8.77. The molecular weight excluding hydrogens is 287 g/mol. The maximum atomic E-state index is 14.1. The first-order valence-corrected chi connectivity index (χ1v) is 8.77. The lowest BCUT2D eigenvalue weighted by Crippen LogP contribution is -2.55. The Hall–Kier alpha value is -1.61. The zero-order valence-electron chi connectivity index (χ0n) is 14.0. The van der Waals surface area contributed by atoms with E-state index in [1.807, 2.05) is 12.3 Å². The summed E-state index contributed by atoms with van der Waals surface area (Å²) in [5.41, 5.74) is 2.39. The molecule has 2 bridgehead atoms. The first kappa shape index (κ1) is 14.9. The fourth-order valence-electron chi connectivity index (χ4n) is 4.64. The standard InChI is InChI=1S/C20H25FN2/c1-3-20(2)11-14-7-8-18(20)23(13-14)10-9-15-12-22-17-6-4-5-16(21)19(15)17/h4-8,12,14,18,22H,3,9-11,13H2,1-2H3. The van der Waals surface area contributed by atoms with Gasteiger partial charge < -0.3 is 4.98 Å². The number of aromatic amines is 1. The highest BCUT2D eigenvalue weighted by Crippen LogP contribution is 2.45. The summed E-state index contributed by atoms with van der Waals surface area (Å²) < 4.78 is 14.1. The smallest absolute Gasteiger partial charge is 0.132 e. The van der Waals surface area contributed by atoms with Gasteiger partial charge in [0, 0.05) is 36.2 Å². The molecule has 3 atom stereocenters. The fraction of sp³-hybridized carbons (Fsp3) is 0.500. The molecule has 0 spiro atoms. The van der Waals surface area contributed by atoms with Crippen LogP contribution < -0.4 is 0 Å². The van der Waals surface area contributed by atoms with Gasteiger partial charge in [-0.05, 0) is 48.3 Å². The molecule has 1 saturated heterocycles. The number of rotatable bonds is 4. The number of nitrogens with one attached hydrogen (secondary N) is 1. The SMILES string of the molecule is CCC1(C)CC2C=CC1N(CCc1c[nH]c3cccc(F)c13)C2. The summed E-state index contributed by atoms with van der Waals surface area (Å²) in [4.78, 5) is 5.81. The van der Waals surface area contributed by atoms with Crippen LogP contribution in [0.1, 0.15) is 32.3 Å². The molecule has 23 heavy (non-hydrogen) atoms. The van der Waals surface area contributed by atoms with Gasteiger partial charge in [0.1, 0.15) is 5.82 Å². The predicted molar refractivity (Wildman–Crippen MR) is 93.0 cm³/mol. The Labute approximate surface area is 137 Å². The van der Waals surface area contributed by atoms with Gasteiger partial charge in [0.05, 0.1) is 0 Å². The Bertz CT molecular complexity index is 747. The Morgan fingerprint density at radius 3 is 3.00 bits per heavy atom. The molecule has 3 aliphatic rings. The molecule has 1 N–H and O–H groups in total. The summed E-state index contributed by atoms with van der Waals surface area (Å²) in [5, 5.41) is 0.767. The van der Waals surface area contributed by atoms with Gasteiger partial charge in [-0.3, -0.25) is 4.90 Å². The highest BCUT2D eigenvalue weighted by Gasteiger charge is 2.44. The molecule has 122 valence electrons. The summed E-state index contributed by atoms with van der Waals surface area (Å²) in [6.45, 7) is 6.89. The molecule has 2 aliphatic heterocycles. The second kappa shape index (κ2) is 5.48. The second-order valence-electron chi connectivity index (χ2n) is 7.52. The monoisotopic (exact) mass is 312 g/mol. The van der Waals surface area contributed by atoms with Gasteiger partial charge in [-0.15, -0.1) is 0 Å². The summed E-state index contributed by atoms with van der Waals surface area (Å²) in [5.74, 6) is 0.571. The van der Waals surface area contributed by atoms with Crippen molar-refractivity contribution in [3.63, 3.8) is 0 Å². The molecule has 2 nitrogen and oxygen atoms in total. The van der Waals surface area contributed by atoms with Crippen LogP contribution in [0, 0.1) is 17.2 Å². The van der Waals surface area contributed by atoms with E-state index in [1.54, 1.807) is 12.1 Å². The predicted octanol–water partition coefficient (Wildman–Crippen LogP) is 4.53. The molecule has 1 aromatic heterocycles. The largest absolute Gasteiger partial charge is 0.361 e. The second-order valence-corrected chi connectivity index (χ2v) is 7.52. The molecule has 0 saturated carbocycles. The van der Waals surface area contributed by atoms with E-state index in [9.17, 15) is 4.39 Å². The normalized spacial score (nSPS) is 30.4. The lowest BCUT2D eigenvalue weighted by atomic mass is 9.65. The number of halogens is 1. The summed E-state index contributed by atoms with van der Waals surface area (Å²) in [6.07, 6.45) is 10.2. The van der Waals surface area contributed by atoms with Crippen molar-refractivity contribution in [3.8, 4) is 0 Å². The number of nitrogens with zero attached hydrogens (tertiary/aromatic N) is 1. The number of H-pyrrole nitrogens is 1. The number of hydrogen-bond acceptors (Lipinski definition) is 1. The topological polar surface area (TPSA) is 19.0 Å². The van der Waals surface area contributed by atoms with E-state index in [2.05, 4.69) is 35.9 Å². The van der Waals surface area contributed by atoms with Crippen LogP contribution in [-0.4, -0.2) is 29.0 Å². The van der Waals surface area contributed by atoms with Crippen LogP contribution in [-0.2, 0) is 6.42 Å². The maximum Gasteiger partial charge on any atom is 0.132 e. The van der Waals surface area contributed by atoms with E-state index < -0.39 is 0 Å². The van der Waals surface area contributed by atoms with Crippen molar-refractivity contribution in [1.29, 1.82) is 0 Å². The minimum atomic E-state index is -0.114. The van der Waals surface area contributed by atoms with Crippen LogP contribution in [0.4, 0.5) is 4.39 Å². The molecule has 5 rings (SSSR count). The van der Waals surface area contributed by atoms with Gasteiger partial charge >= 0.3 is 0 Å². The van der Waals surface area contributed by atoms with Crippen molar-refractivity contribution in [2.45, 2.75) is 39.2 Å². The van der Waals surface area contributed by atoms with Gasteiger partial charge in [0.15, 0.2) is 0 Å². The Morgan fingerprint density at radius 2 is 2.22 bits per heavy atom. The average Bonchev–Trinajstić information content (AvgIpc) is 2.98. The lowest BCUT2D eigenvalue weighted by molar-refractivity contribution is 0.0167. The molecule has 1 fully saturated rings. The van der Waals surface area contributed by atoms with Gasteiger partial charge in [0.2, 0.25) is 0 Å². The Morgan fingerprint density at radius 1 is 1.35 bits per heavy atom. The number of piperidine rings is 1. The number of benzene rings is 1. The number of fused-ring (bicyclic) bond motifs is 3. The summed E-state index contributed by atoms with van der Waals surface area (Å²) >= 11 is 0. The molecule has 0 amide bonds. The van der Waals surface area contributed by atoms with Crippen LogP contribution >= 0.6 is 0 Å². The van der Waals surface area contributed by atoms with E-state index in [0.717, 1.165) is 36.0 Å². The summed E-state index contributed by atoms with van der Waals surface area (Å²) in [7, 11) is 0. The third kappa shape index (κ3) is 2.42. The van der Waals surface area contributed by atoms with E-state index in [4.69, 9.17) is 0 Å². The van der Waals surface area contributed by atoms with Gasteiger partial charge in [-0.1, -0.05) is 32.1 Å². The molecule has 1 aromatic carbocycles. The Kier molecular flexibility index (Phi) is 3.56. The molecule has 3 unspecified atom stereocenters. The highest BCUT2D eigenvalue weighted by atomic mass is 19.1. The highest BCUT2D eigenvalue weighted by molar-refractivity contribution is 5.83. The van der Waals surface area contributed by atoms with Crippen molar-refractivity contribution < 1.29 is 4.39 Å². The number of hydrogen-bond donors (Lipinski definition) is 1. The van der Waals surface area contributed by atoms with Crippen LogP contribution in [0.5, 0.6) is 0 Å². The van der Waals surface area contributed by atoms with Crippen LogP contribution in [0.25, 0.3) is 10.9 Å².